The highest BCUT2D eigenvalue weighted by Gasteiger charge is 2.85. The summed E-state index contributed by atoms with van der Waals surface area (Å²) in [5, 5.41) is 13.5. The average Bonchev–Trinajstić information content (AvgIpc) is 3.51. The second kappa shape index (κ2) is 15.3. The molecule has 0 radical (unpaired) electrons. The Hall–Kier alpha value is -3.79. The second-order valence-corrected chi connectivity index (χ2v) is 21.9. The molecule has 15 nitrogen and oxygen atoms in total. The molecule has 2 aliphatic heterocycles. The lowest BCUT2D eigenvalue weighted by molar-refractivity contribution is -0.145. The summed E-state index contributed by atoms with van der Waals surface area (Å²) in [6, 6.07) is -1.00. The van der Waals surface area contributed by atoms with E-state index in [0.717, 1.165) is 62.8 Å². The van der Waals surface area contributed by atoms with Gasteiger partial charge in [-0.05, 0) is 93.4 Å². The molecule has 4 N–H and O–H groups in total. The summed E-state index contributed by atoms with van der Waals surface area (Å²) < 4.78 is 31.4. The van der Waals surface area contributed by atoms with Crippen molar-refractivity contribution in [1.29, 1.82) is 0 Å². The molecule has 1 aromatic rings. The lowest BCUT2D eigenvalue weighted by Gasteiger charge is -2.38. The van der Waals surface area contributed by atoms with Crippen molar-refractivity contribution in [2.24, 2.45) is 33.5 Å². The van der Waals surface area contributed by atoms with E-state index in [4.69, 9.17) is 0 Å². The van der Waals surface area contributed by atoms with Crippen LogP contribution in [0.3, 0.4) is 0 Å². The van der Waals surface area contributed by atoms with Crippen LogP contribution in [0.4, 0.5) is 0 Å². The van der Waals surface area contributed by atoms with Crippen molar-refractivity contribution in [2.75, 3.05) is 19.6 Å². The first kappa shape index (κ1) is 43.3. The zero-order chi connectivity index (χ0) is 42.9. The molecule has 0 bridgehead atoms. The normalized spacial score (nSPS) is 29.6. The van der Waals surface area contributed by atoms with Gasteiger partial charge in [-0.15, -0.1) is 6.58 Å². The van der Waals surface area contributed by atoms with E-state index >= 15 is 4.79 Å². The van der Waals surface area contributed by atoms with Crippen molar-refractivity contribution >= 4 is 39.7 Å². The zero-order valence-electron chi connectivity index (χ0n) is 36.1. The SMILES string of the molecule is C=C[C@@H]1C[C@]1(NC(=O)[C@@H]1C[C@@]2(CN1C(=O)[C@@H](NC(=O)C(NC(=O)Cn1nc(C)cc1C)C1CCCCC1)C(C)(C)C)C(C)(C)C21CCC1)C(=O)NS(=O)(=O)N1CCCC1. The molecule has 3 heterocycles. The van der Waals surface area contributed by atoms with Crippen LogP contribution in [0.2, 0.25) is 0 Å². The first-order valence-corrected chi connectivity index (χ1v) is 23.3. The molecule has 7 rings (SSSR count). The van der Waals surface area contributed by atoms with Gasteiger partial charge < -0.3 is 20.9 Å². The Bertz CT molecular complexity index is 1990. The maximum atomic E-state index is 15.2. The van der Waals surface area contributed by atoms with Crippen molar-refractivity contribution in [3.8, 4) is 0 Å². The van der Waals surface area contributed by atoms with Crippen LogP contribution in [0.1, 0.15) is 123 Å². The Labute approximate surface area is 349 Å². The van der Waals surface area contributed by atoms with E-state index in [-0.39, 0.29) is 41.0 Å². The van der Waals surface area contributed by atoms with Crippen LogP contribution in [0.25, 0.3) is 0 Å². The van der Waals surface area contributed by atoms with E-state index in [0.29, 0.717) is 38.9 Å². The topological polar surface area (TPSA) is 192 Å². The van der Waals surface area contributed by atoms with E-state index in [1.54, 1.807) is 15.7 Å². The molecule has 1 unspecified atom stereocenters. The Morgan fingerprint density at radius 2 is 1.61 bits per heavy atom. The number of hydrogen-bond acceptors (Lipinski definition) is 8. The van der Waals surface area contributed by atoms with Crippen LogP contribution < -0.4 is 20.7 Å². The van der Waals surface area contributed by atoms with Gasteiger partial charge in [-0.1, -0.05) is 66.4 Å². The summed E-state index contributed by atoms with van der Waals surface area (Å²) in [6.45, 7) is 18.6. The van der Waals surface area contributed by atoms with Gasteiger partial charge in [0.25, 0.3) is 5.91 Å². The first-order chi connectivity index (χ1) is 27.6. The molecule has 326 valence electrons. The monoisotopic (exact) mass is 838 g/mol. The van der Waals surface area contributed by atoms with Crippen LogP contribution in [-0.4, -0.2) is 100 Å². The minimum atomic E-state index is -4.11. The molecule has 4 aliphatic carbocycles. The summed E-state index contributed by atoms with van der Waals surface area (Å²) in [6.07, 6.45) is 11.0. The fourth-order valence-electron chi connectivity index (χ4n) is 11.7. The molecule has 6 fully saturated rings. The third-order valence-electron chi connectivity index (χ3n) is 15.6. The molecule has 2 saturated heterocycles. The molecule has 2 spiro atoms. The third-order valence-corrected chi connectivity index (χ3v) is 17.1. The number of nitrogens with one attached hydrogen (secondary N) is 4. The molecule has 4 saturated carbocycles. The number of rotatable bonds is 13. The van der Waals surface area contributed by atoms with Gasteiger partial charge in [0.2, 0.25) is 23.6 Å². The largest absolute Gasteiger partial charge is 0.342 e. The maximum absolute atomic E-state index is 15.2. The number of fused-ring (bicyclic) bond motifs is 1. The number of aromatic nitrogens is 2. The van der Waals surface area contributed by atoms with Gasteiger partial charge >= 0.3 is 10.2 Å². The van der Waals surface area contributed by atoms with Crippen LogP contribution in [0, 0.1) is 47.3 Å². The molecule has 6 aliphatic rings. The van der Waals surface area contributed by atoms with Crippen LogP contribution in [0.5, 0.6) is 0 Å². The van der Waals surface area contributed by atoms with E-state index in [2.05, 4.69) is 46.2 Å². The van der Waals surface area contributed by atoms with E-state index in [1.807, 2.05) is 40.7 Å². The van der Waals surface area contributed by atoms with E-state index < -0.39 is 68.8 Å². The fraction of sp³-hybridized carbons (Fsp3) is 0.767. The summed E-state index contributed by atoms with van der Waals surface area (Å²) in [5.41, 5.74) is -1.23. The van der Waals surface area contributed by atoms with Crippen LogP contribution >= 0.6 is 0 Å². The summed E-state index contributed by atoms with van der Waals surface area (Å²) in [4.78, 5) is 73.5. The molecule has 59 heavy (non-hydrogen) atoms. The summed E-state index contributed by atoms with van der Waals surface area (Å²) in [7, 11) is -4.11. The van der Waals surface area contributed by atoms with Gasteiger partial charge in [-0.3, -0.25) is 28.7 Å². The molecule has 5 amide bonds. The summed E-state index contributed by atoms with van der Waals surface area (Å²) >= 11 is 0. The third kappa shape index (κ3) is 7.41. The molecule has 1 aromatic heterocycles. The Kier molecular flexibility index (Phi) is 11.2. The molecule has 16 heteroatoms. The van der Waals surface area contributed by atoms with E-state index in [9.17, 15) is 27.6 Å². The molecular formula is C43H66N8O7S. The molecule has 6 atom stereocenters. The van der Waals surface area contributed by atoms with Crippen LogP contribution in [-0.2, 0) is 40.7 Å². The number of carbonyl (C=O) groups excluding carboxylic acids is 5. The number of nitrogens with zero attached hydrogens (tertiary/aromatic N) is 4. The Morgan fingerprint density at radius 3 is 2.14 bits per heavy atom. The van der Waals surface area contributed by atoms with Gasteiger partial charge in [0.1, 0.15) is 30.2 Å². The second-order valence-electron chi connectivity index (χ2n) is 20.2. The average molecular weight is 839 g/mol. The van der Waals surface area contributed by atoms with Gasteiger partial charge in [0.15, 0.2) is 0 Å². The van der Waals surface area contributed by atoms with Gasteiger partial charge in [0, 0.05) is 36.7 Å². The number of carbonyl (C=O) groups is 5. The maximum Gasteiger partial charge on any atom is 0.303 e. The number of likely N-dealkylation sites (tertiary alicyclic amines) is 1. The van der Waals surface area contributed by atoms with Gasteiger partial charge in [-0.25, -0.2) is 4.72 Å². The molecule has 0 aromatic carbocycles. The number of hydrogen-bond donors (Lipinski definition) is 4. The van der Waals surface area contributed by atoms with Crippen molar-refractivity contribution in [3.63, 3.8) is 0 Å². The van der Waals surface area contributed by atoms with Crippen molar-refractivity contribution in [3.05, 3.63) is 30.1 Å². The predicted octanol–water partition coefficient (Wildman–Crippen LogP) is 3.41. The Morgan fingerprint density at radius 1 is 0.949 bits per heavy atom. The smallest absolute Gasteiger partial charge is 0.303 e. The van der Waals surface area contributed by atoms with E-state index in [1.165, 1.54) is 4.31 Å². The standard InChI is InChI=1S/C43H66N8O7S/c1-9-30-23-43(30,38(56)48-59(57,58)49-20-13-14-21-49)46-35(53)31-24-42(40(7,8)41(42)18-15-19-41)26-50(31)37(55)34(39(4,5)6)45-36(54)33(29-16-11-10-12-17-29)44-32(52)25-51-28(3)22-27(2)47-51/h9,22,29-31,33-34H,1,10-21,23-26H2,2-8H3,(H,44,52)(H,45,54)(H,46,53)(H,48,56)/t30-,31+,33?,34-,42-,43-/m1/s1. The number of aryl methyl sites for hydroxylation is 2. The lowest BCUT2D eigenvalue weighted by Crippen LogP contribution is -2.62. The highest BCUT2D eigenvalue weighted by Crippen LogP contribution is 2.88. The number of amides is 5. The highest BCUT2D eigenvalue weighted by atomic mass is 32.2. The Balaban J connectivity index is 1.15. The first-order valence-electron chi connectivity index (χ1n) is 21.8. The minimum Gasteiger partial charge on any atom is -0.342 e. The molecular weight excluding hydrogens is 773 g/mol. The van der Waals surface area contributed by atoms with Crippen LogP contribution in [0.15, 0.2) is 18.7 Å². The van der Waals surface area contributed by atoms with Crippen molar-refractivity contribution < 1.29 is 32.4 Å². The predicted molar refractivity (Wildman–Crippen MR) is 221 cm³/mol. The zero-order valence-corrected chi connectivity index (χ0v) is 36.9. The van der Waals surface area contributed by atoms with Crippen molar-refractivity contribution in [2.45, 2.75) is 156 Å². The fourth-order valence-corrected chi connectivity index (χ4v) is 13.0. The van der Waals surface area contributed by atoms with Crippen molar-refractivity contribution in [1.82, 2.24) is 39.7 Å². The van der Waals surface area contributed by atoms with Gasteiger partial charge in [0.05, 0.1) is 5.69 Å². The highest BCUT2D eigenvalue weighted by molar-refractivity contribution is 7.87. The van der Waals surface area contributed by atoms with Gasteiger partial charge in [-0.2, -0.15) is 17.8 Å². The quantitative estimate of drug-likeness (QED) is 0.217. The minimum absolute atomic E-state index is 0.0298. The lowest BCUT2D eigenvalue weighted by atomic mass is 9.73. The summed E-state index contributed by atoms with van der Waals surface area (Å²) in [5.74, 6) is -3.14.